The van der Waals surface area contributed by atoms with Crippen molar-refractivity contribution < 1.29 is 14.7 Å². The van der Waals surface area contributed by atoms with Crippen molar-refractivity contribution in [3.05, 3.63) is 29.8 Å². The van der Waals surface area contributed by atoms with Gasteiger partial charge in [-0.2, -0.15) is 0 Å². The molecule has 2 rings (SSSR count). The van der Waals surface area contributed by atoms with Gasteiger partial charge >= 0.3 is 0 Å². The first kappa shape index (κ1) is 14.5. The van der Waals surface area contributed by atoms with Crippen molar-refractivity contribution >= 4 is 17.5 Å². The first-order valence-electron chi connectivity index (χ1n) is 6.81. The van der Waals surface area contributed by atoms with E-state index in [2.05, 4.69) is 5.32 Å². The molecule has 2 unspecified atom stereocenters. The van der Waals surface area contributed by atoms with Gasteiger partial charge in [0.2, 0.25) is 11.8 Å². The number of para-hydroxylation sites is 1. The Morgan fingerprint density at radius 2 is 2.20 bits per heavy atom. The molecule has 1 heterocycles. The van der Waals surface area contributed by atoms with Crippen LogP contribution in [0.2, 0.25) is 0 Å². The zero-order valence-electron chi connectivity index (χ0n) is 11.8. The number of rotatable bonds is 4. The van der Waals surface area contributed by atoms with E-state index in [-0.39, 0.29) is 18.2 Å². The molecular formula is C15H20N2O3. The average Bonchev–Trinajstić information content (AvgIpc) is 2.42. The fourth-order valence-electron chi connectivity index (χ4n) is 2.39. The number of fused-ring (bicyclic) bond motifs is 1. The Morgan fingerprint density at radius 1 is 1.50 bits per heavy atom. The number of carbonyl (C=O) groups excluding carboxylic acids is 2. The molecule has 2 N–H and O–H groups in total. The molecule has 1 aliphatic rings. The molecule has 5 nitrogen and oxygen atoms in total. The molecule has 1 aromatic rings. The number of aliphatic hydroxyl groups is 1. The van der Waals surface area contributed by atoms with Gasteiger partial charge in [-0.3, -0.25) is 9.59 Å². The summed E-state index contributed by atoms with van der Waals surface area (Å²) in [7, 11) is 1.71. The minimum atomic E-state index is -0.438. The van der Waals surface area contributed by atoms with Gasteiger partial charge in [0.15, 0.2) is 0 Å². The number of anilines is 1. The van der Waals surface area contributed by atoms with E-state index in [0.29, 0.717) is 18.7 Å². The molecule has 0 aromatic heterocycles. The summed E-state index contributed by atoms with van der Waals surface area (Å²) in [5.41, 5.74) is 1.58. The van der Waals surface area contributed by atoms with Gasteiger partial charge < -0.3 is 15.3 Å². The Kier molecular flexibility index (Phi) is 4.39. The van der Waals surface area contributed by atoms with Gasteiger partial charge in [-0.25, -0.2) is 0 Å². The molecule has 0 bridgehead atoms. The Bertz CT molecular complexity index is 514. The van der Waals surface area contributed by atoms with Gasteiger partial charge in [0.05, 0.1) is 12.0 Å². The maximum Gasteiger partial charge on any atom is 0.230 e. The molecule has 0 saturated heterocycles. The largest absolute Gasteiger partial charge is 0.393 e. The van der Waals surface area contributed by atoms with Gasteiger partial charge in [0.1, 0.15) is 0 Å². The molecule has 0 aliphatic carbocycles. The van der Waals surface area contributed by atoms with Crippen LogP contribution in [0.25, 0.3) is 0 Å². The van der Waals surface area contributed by atoms with E-state index >= 15 is 0 Å². The van der Waals surface area contributed by atoms with Crippen molar-refractivity contribution in [1.29, 1.82) is 0 Å². The van der Waals surface area contributed by atoms with Crippen molar-refractivity contribution in [2.45, 2.75) is 31.8 Å². The number of amides is 2. The summed E-state index contributed by atoms with van der Waals surface area (Å²) >= 11 is 0. The zero-order chi connectivity index (χ0) is 14.7. The molecule has 0 saturated carbocycles. The molecule has 1 aromatic carbocycles. The second-order valence-corrected chi connectivity index (χ2v) is 5.29. The molecule has 0 fully saturated rings. The van der Waals surface area contributed by atoms with E-state index in [1.54, 1.807) is 18.9 Å². The van der Waals surface area contributed by atoms with Gasteiger partial charge in [0.25, 0.3) is 0 Å². The fraction of sp³-hybridized carbons (Fsp3) is 0.467. The standard InChI is InChI=1S/C15H20N2O3/c1-10(18)7-8-17(2)15(20)12-9-14(19)16-13-6-4-3-5-11(12)13/h3-6,10,12,18H,7-9H2,1-2H3,(H,16,19). The zero-order valence-corrected chi connectivity index (χ0v) is 11.8. The smallest absolute Gasteiger partial charge is 0.230 e. The highest BCUT2D eigenvalue weighted by atomic mass is 16.3. The molecule has 108 valence electrons. The topological polar surface area (TPSA) is 69.6 Å². The lowest BCUT2D eigenvalue weighted by Gasteiger charge is -2.28. The van der Waals surface area contributed by atoms with Crippen LogP contribution in [0.1, 0.15) is 31.2 Å². The Labute approximate surface area is 118 Å². The summed E-state index contributed by atoms with van der Waals surface area (Å²) in [5.74, 6) is -0.641. The predicted molar refractivity (Wildman–Crippen MR) is 76.4 cm³/mol. The first-order valence-corrected chi connectivity index (χ1v) is 6.81. The highest BCUT2D eigenvalue weighted by Crippen LogP contribution is 2.33. The van der Waals surface area contributed by atoms with Crippen molar-refractivity contribution in [2.24, 2.45) is 0 Å². The summed E-state index contributed by atoms with van der Waals surface area (Å²) in [6.45, 7) is 2.18. The fourth-order valence-corrected chi connectivity index (χ4v) is 2.39. The summed E-state index contributed by atoms with van der Waals surface area (Å²) in [4.78, 5) is 25.8. The molecule has 5 heteroatoms. The van der Waals surface area contributed by atoms with Crippen LogP contribution in [0, 0.1) is 0 Å². The number of nitrogens with zero attached hydrogens (tertiary/aromatic N) is 1. The van der Waals surface area contributed by atoms with E-state index < -0.39 is 12.0 Å². The SMILES string of the molecule is CC(O)CCN(C)C(=O)C1CC(=O)Nc2ccccc21. The minimum Gasteiger partial charge on any atom is -0.393 e. The lowest BCUT2D eigenvalue weighted by molar-refractivity contribution is -0.134. The maximum atomic E-state index is 12.5. The third-order valence-corrected chi connectivity index (χ3v) is 3.56. The molecule has 0 spiro atoms. The number of carbonyl (C=O) groups is 2. The summed E-state index contributed by atoms with van der Waals surface area (Å²) in [6, 6.07) is 7.39. The average molecular weight is 276 g/mol. The molecule has 2 amide bonds. The normalized spacial score (nSPS) is 18.9. The second kappa shape index (κ2) is 6.05. The van der Waals surface area contributed by atoms with Crippen LogP contribution in [-0.2, 0) is 9.59 Å². The lowest BCUT2D eigenvalue weighted by atomic mass is 9.89. The number of aliphatic hydroxyl groups excluding tert-OH is 1. The number of hydrogen-bond donors (Lipinski definition) is 2. The monoisotopic (exact) mass is 276 g/mol. The minimum absolute atomic E-state index is 0.0760. The second-order valence-electron chi connectivity index (χ2n) is 5.29. The number of hydrogen-bond acceptors (Lipinski definition) is 3. The Hall–Kier alpha value is -1.88. The van der Waals surface area contributed by atoms with Crippen molar-refractivity contribution in [1.82, 2.24) is 4.90 Å². The maximum absolute atomic E-state index is 12.5. The van der Waals surface area contributed by atoms with Gasteiger partial charge in [0, 0.05) is 25.7 Å². The lowest BCUT2D eigenvalue weighted by Crippen LogP contribution is -2.37. The predicted octanol–water partition coefficient (Wildman–Crippen LogP) is 1.34. The highest BCUT2D eigenvalue weighted by Gasteiger charge is 2.32. The van der Waals surface area contributed by atoms with E-state index in [4.69, 9.17) is 0 Å². The molecule has 1 aliphatic heterocycles. The first-order chi connectivity index (χ1) is 9.49. The Morgan fingerprint density at radius 3 is 2.90 bits per heavy atom. The van der Waals surface area contributed by atoms with Crippen molar-refractivity contribution in [3.63, 3.8) is 0 Å². The van der Waals surface area contributed by atoms with Crippen molar-refractivity contribution in [3.8, 4) is 0 Å². The van der Waals surface area contributed by atoms with Crippen LogP contribution in [0.15, 0.2) is 24.3 Å². The Balaban J connectivity index is 2.15. The van der Waals surface area contributed by atoms with E-state index in [0.717, 1.165) is 5.56 Å². The van der Waals surface area contributed by atoms with Crippen LogP contribution < -0.4 is 5.32 Å². The highest BCUT2D eigenvalue weighted by molar-refractivity contribution is 6.01. The summed E-state index contributed by atoms with van der Waals surface area (Å²) < 4.78 is 0. The van der Waals surface area contributed by atoms with Crippen LogP contribution in [0.5, 0.6) is 0 Å². The van der Waals surface area contributed by atoms with Gasteiger partial charge in [-0.15, -0.1) is 0 Å². The molecular weight excluding hydrogens is 256 g/mol. The number of likely N-dealkylation sites (N-methyl/N-ethyl adjacent to an activating group) is 1. The van der Waals surface area contributed by atoms with Gasteiger partial charge in [-0.1, -0.05) is 18.2 Å². The van der Waals surface area contributed by atoms with Crippen LogP contribution in [-0.4, -0.2) is 41.5 Å². The molecule has 2 atom stereocenters. The van der Waals surface area contributed by atoms with E-state index in [9.17, 15) is 14.7 Å². The quantitative estimate of drug-likeness (QED) is 0.872. The van der Waals surface area contributed by atoms with Crippen LogP contribution in [0.4, 0.5) is 5.69 Å². The molecule has 20 heavy (non-hydrogen) atoms. The molecule has 0 radical (unpaired) electrons. The summed E-state index contributed by atoms with van der Waals surface area (Å²) in [6.07, 6.45) is 0.268. The van der Waals surface area contributed by atoms with E-state index in [1.807, 2.05) is 24.3 Å². The van der Waals surface area contributed by atoms with Crippen LogP contribution >= 0.6 is 0 Å². The number of nitrogens with one attached hydrogen (secondary N) is 1. The third-order valence-electron chi connectivity index (χ3n) is 3.56. The van der Waals surface area contributed by atoms with Crippen molar-refractivity contribution in [2.75, 3.05) is 18.9 Å². The summed E-state index contributed by atoms with van der Waals surface area (Å²) in [5, 5.41) is 12.1. The number of benzene rings is 1. The van der Waals surface area contributed by atoms with Crippen LogP contribution in [0.3, 0.4) is 0 Å². The van der Waals surface area contributed by atoms with E-state index in [1.165, 1.54) is 0 Å². The van der Waals surface area contributed by atoms with Gasteiger partial charge in [-0.05, 0) is 25.0 Å². The third kappa shape index (κ3) is 3.17.